The highest BCUT2D eigenvalue weighted by Crippen LogP contribution is 2.07. The van der Waals surface area contributed by atoms with Gasteiger partial charge in [0.2, 0.25) is 0 Å². The Bertz CT molecular complexity index is 1640. The first-order valence-electron chi connectivity index (χ1n) is 12.3. The van der Waals surface area contributed by atoms with Crippen LogP contribution in [0.4, 0.5) is 0 Å². The smallest absolute Gasteiger partial charge is 0.0261 e. The number of benzene rings is 5. The van der Waals surface area contributed by atoms with Crippen LogP contribution in [0.2, 0.25) is 0 Å². The van der Waals surface area contributed by atoms with Crippen LogP contribution in [0.15, 0.2) is 133 Å². The first kappa shape index (κ1) is 24.1. The molecule has 0 atom stereocenters. The lowest BCUT2D eigenvalue weighted by Gasteiger charge is -1.95. The molecule has 0 spiro atoms. The molecule has 5 rings (SSSR count). The molecule has 0 aliphatic carbocycles. The van der Waals surface area contributed by atoms with E-state index in [0.29, 0.717) is 0 Å². The van der Waals surface area contributed by atoms with E-state index in [0.717, 1.165) is 44.5 Å². The number of hydrogen-bond acceptors (Lipinski definition) is 0. The average Bonchev–Trinajstić information content (AvgIpc) is 2.99. The van der Waals surface area contributed by atoms with Crippen LogP contribution < -0.4 is 0 Å². The van der Waals surface area contributed by atoms with Gasteiger partial charge in [0.25, 0.3) is 0 Å². The van der Waals surface area contributed by atoms with Crippen molar-refractivity contribution in [3.63, 3.8) is 0 Å². The van der Waals surface area contributed by atoms with Crippen molar-refractivity contribution in [2.24, 2.45) is 0 Å². The molecule has 0 heteroatoms. The van der Waals surface area contributed by atoms with Crippen LogP contribution in [0.3, 0.4) is 0 Å². The van der Waals surface area contributed by atoms with Crippen molar-refractivity contribution in [3.8, 4) is 47.4 Å². The maximum atomic E-state index is 3.24. The fourth-order valence-corrected chi connectivity index (χ4v) is 3.57. The lowest BCUT2D eigenvalue weighted by molar-refractivity contribution is 1.57. The van der Waals surface area contributed by atoms with Crippen LogP contribution in [-0.2, 0) is 0 Å². The van der Waals surface area contributed by atoms with Crippen LogP contribution in [0.1, 0.15) is 44.5 Å². The molecule has 0 aromatic heterocycles. The van der Waals surface area contributed by atoms with E-state index in [1.54, 1.807) is 0 Å². The highest BCUT2D eigenvalue weighted by molar-refractivity contribution is 5.51. The zero-order chi connectivity index (χ0) is 25.8. The second-order valence-corrected chi connectivity index (χ2v) is 8.47. The largest absolute Gasteiger partial charge is 0.0622 e. The van der Waals surface area contributed by atoms with E-state index in [4.69, 9.17) is 0 Å². The molecule has 0 nitrogen and oxygen atoms in total. The molecule has 0 radical (unpaired) electrons. The van der Waals surface area contributed by atoms with Gasteiger partial charge in [0.15, 0.2) is 0 Å². The van der Waals surface area contributed by atoms with Crippen LogP contribution in [0.25, 0.3) is 0 Å². The van der Waals surface area contributed by atoms with Crippen molar-refractivity contribution in [2.75, 3.05) is 0 Å². The highest BCUT2D eigenvalue weighted by Gasteiger charge is 1.93. The van der Waals surface area contributed by atoms with Crippen molar-refractivity contribution in [2.45, 2.75) is 0 Å². The van der Waals surface area contributed by atoms with E-state index in [-0.39, 0.29) is 0 Å². The standard InChI is InChI=1S/C38H22/c1-3-8-31(9-4-1)14-16-33-18-22-35(23-19-33)26-28-37-12-7-13-38(30-37)29-27-36-24-20-34(21-25-36)17-15-32-10-5-2-6-11-32/h1-13,18-25,30H. The molecule has 174 valence electrons. The summed E-state index contributed by atoms with van der Waals surface area (Å²) in [6.45, 7) is 0. The SMILES string of the molecule is C(#Cc1ccc(C#Cc2cccc(C#Cc3ccc(C#Cc4ccccc4)cc3)c2)cc1)c1ccccc1. The predicted octanol–water partition coefficient (Wildman–Crippen LogP) is 7.29. The van der Waals surface area contributed by atoms with Gasteiger partial charge in [-0.05, 0) is 91.0 Å². The minimum absolute atomic E-state index is 0.927. The monoisotopic (exact) mass is 478 g/mol. The first-order chi connectivity index (χ1) is 18.8. The molecule has 0 aliphatic heterocycles. The fraction of sp³-hybridized carbons (Fsp3) is 0. The summed E-state index contributed by atoms with van der Waals surface area (Å²) < 4.78 is 0. The molecule has 0 aliphatic rings. The van der Waals surface area contributed by atoms with Crippen LogP contribution in [-0.4, -0.2) is 0 Å². The first-order valence-corrected chi connectivity index (χ1v) is 12.3. The number of rotatable bonds is 0. The quantitative estimate of drug-likeness (QED) is 0.205. The molecule has 0 fully saturated rings. The topological polar surface area (TPSA) is 0 Å². The van der Waals surface area contributed by atoms with E-state index in [9.17, 15) is 0 Å². The summed E-state index contributed by atoms with van der Waals surface area (Å²) >= 11 is 0. The van der Waals surface area contributed by atoms with Gasteiger partial charge in [0.05, 0.1) is 0 Å². The molecule has 5 aromatic rings. The van der Waals surface area contributed by atoms with Crippen molar-refractivity contribution in [1.82, 2.24) is 0 Å². The summed E-state index contributed by atoms with van der Waals surface area (Å²) in [6.07, 6.45) is 0. The summed E-state index contributed by atoms with van der Waals surface area (Å²) in [7, 11) is 0. The molecule has 0 saturated heterocycles. The van der Waals surface area contributed by atoms with Gasteiger partial charge in [-0.2, -0.15) is 0 Å². The summed E-state index contributed by atoms with van der Waals surface area (Å²) in [4.78, 5) is 0. The Morgan fingerprint density at radius 3 is 0.763 bits per heavy atom. The summed E-state index contributed by atoms with van der Waals surface area (Å²) in [5, 5.41) is 0. The van der Waals surface area contributed by atoms with Crippen molar-refractivity contribution >= 4 is 0 Å². The van der Waals surface area contributed by atoms with Crippen LogP contribution in [0.5, 0.6) is 0 Å². The Labute approximate surface area is 225 Å². The molecule has 0 N–H and O–H groups in total. The molecule has 0 amide bonds. The van der Waals surface area contributed by atoms with Gasteiger partial charge in [0, 0.05) is 44.5 Å². The van der Waals surface area contributed by atoms with E-state index in [1.807, 2.05) is 133 Å². The predicted molar refractivity (Wildman–Crippen MR) is 156 cm³/mol. The van der Waals surface area contributed by atoms with Gasteiger partial charge in [0.1, 0.15) is 0 Å². The lowest BCUT2D eigenvalue weighted by Crippen LogP contribution is -1.81. The lowest BCUT2D eigenvalue weighted by atomic mass is 10.1. The number of hydrogen-bond donors (Lipinski definition) is 0. The summed E-state index contributed by atoms with van der Waals surface area (Å²) in [5.41, 5.74) is 7.69. The fourth-order valence-electron chi connectivity index (χ4n) is 3.57. The maximum Gasteiger partial charge on any atom is 0.0261 e. The van der Waals surface area contributed by atoms with Crippen LogP contribution in [0, 0.1) is 47.4 Å². The maximum absolute atomic E-state index is 3.24. The summed E-state index contributed by atoms with van der Waals surface area (Å²) in [5.74, 6) is 25.7. The third-order valence-corrected chi connectivity index (χ3v) is 5.58. The van der Waals surface area contributed by atoms with Crippen molar-refractivity contribution in [3.05, 3.63) is 178 Å². The Morgan fingerprint density at radius 1 is 0.211 bits per heavy atom. The molecule has 0 saturated carbocycles. The normalized spacial score (nSPS) is 9.26. The van der Waals surface area contributed by atoms with Gasteiger partial charge in [-0.25, -0.2) is 0 Å². The molecule has 0 unspecified atom stereocenters. The van der Waals surface area contributed by atoms with E-state index in [1.165, 1.54) is 0 Å². The third kappa shape index (κ3) is 7.17. The van der Waals surface area contributed by atoms with Crippen LogP contribution >= 0.6 is 0 Å². The van der Waals surface area contributed by atoms with Gasteiger partial charge in [-0.1, -0.05) is 89.8 Å². The molecular weight excluding hydrogens is 456 g/mol. The van der Waals surface area contributed by atoms with Gasteiger partial charge in [-0.3, -0.25) is 0 Å². The van der Waals surface area contributed by atoms with E-state index >= 15 is 0 Å². The molecule has 5 aromatic carbocycles. The third-order valence-electron chi connectivity index (χ3n) is 5.58. The Morgan fingerprint density at radius 2 is 0.447 bits per heavy atom. The average molecular weight is 479 g/mol. The zero-order valence-corrected chi connectivity index (χ0v) is 20.7. The molecule has 0 heterocycles. The van der Waals surface area contributed by atoms with Crippen molar-refractivity contribution < 1.29 is 0 Å². The zero-order valence-electron chi connectivity index (χ0n) is 20.7. The van der Waals surface area contributed by atoms with Gasteiger partial charge in [-0.15, -0.1) is 0 Å². The second kappa shape index (κ2) is 12.3. The molecule has 38 heavy (non-hydrogen) atoms. The summed E-state index contributed by atoms with van der Waals surface area (Å²) in [6, 6.07) is 44.0. The van der Waals surface area contributed by atoms with E-state index in [2.05, 4.69) is 47.4 Å². The van der Waals surface area contributed by atoms with Crippen molar-refractivity contribution in [1.29, 1.82) is 0 Å². The minimum atomic E-state index is 0.927. The van der Waals surface area contributed by atoms with Gasteiger partial charge < -0.3 is 0 Å². The Kier molecular flexibility index (Phi) is 7.81. The second-order valence-electron chi connectivity index (χ2n) is 8.47. The highest BCUT2D eigenvalue weighted by atomic mass is 14.0. The molecular formula is C38H22. The molecule has 0 bridgehead atoms. The minimum Gasteiger partial charge on any atom is -0.0622 e. The Hall–Kier alpha value is -5.66. The van der Waals surface area contributed by atoms with E-state index < -0.39 is 0 Å². The Balaban J connectivity index is 1.23. The van der Waals surface area contributed by atoms with Gasteiger partial charge >= 0.3 is 0 Å².